The van der Waals surface area contributed by atoms with Gasteiger partial charge in [-0.2, -0.15) is 0 Å². The number of nitrogens with zero attached hydrogens (tertiary/aromatic N) is 1. The number of aryl methyl sites for hydroxylation is 1. The average molecular weight is 368 g/mol. The second-order valence-electron chi connectivity index (χ2n) is 5.71. The molecule has 1 aromatic heterocycles. The summed E-state index contributed by atoms with van der Waals surface area (Å²) in [5, 5.41) is 6.40. The Bertz CT molecular complexity index is 659. The molecule has 2 heterocycles. The van der Waals surface area contributed by atoms with Crippen molar-refractivity contribution in [2.24, 2.45) is 0 Å². The highest BCUT2D eigenvalue weighted by Gasteiger charge is 2.18. The fourth-order valence-electron chi connectivity index (χ4n) is 2.81. The van der Waals surface area contributed by atoms with Crippen molar-refractivity contribution < 1.29 is 4.79 Å². The van der Waals surface area contributed by atoms with Gasteiger partial charge in [0, 0.05) is 18.2 Å². The standard InChI is InChI=1S/C18H21N3O.2ClH/c1-13-16(18(22)21-15-8-5-11-19-12-15)9-10-17(20-13)14-6-3-2-4-7-14;;/h2-4,6-7,9-10,15,19H,5,8,11-12H2,1H3,(H,21,22);2*1H/t15-;;/m0../s1. The van der Waals surface area contributed by atoms with E-state index in [-0.39, 0.29) is 36.8 Å². The topological polar surface area (TPSA) is 54.0 Å². The van der Waals surface area contributed by atoms with E-state index >= 15 is 0 Å². The number of benzene rings is 1. The van der Waals surface area contributed by atoms with E-state index in [0.717, 1.165) is 42.9 Å². The van der Waals surface area contributed by atoms with Crippen LogP contribution in [-0.4, -0.2) is 30.0 Å². The number of halogens is 2. The second-order valence-corrected chi connectivity index (χ2v) is 5.71. The van der Waals surface area contributed by atoms with Crippen LogP contribution in [0.25, 0.3) is 11.3 Å². The maximum atomic E-state index is 12.4. The maximum Gasteiger partial charge on any atom is 0.253 e. The Balaban J connectivity index is 0.00000144. The Hall–Kier alpha value is -1.62. The molecule has 1 fully saturated rings. The molecule has 0 radical (unpaired) electrons. The van der Waals surface area contributed by atoms with Crippen molar-refractivity contribution in [3.63, 3.8) is 0 Å². The quantitative estimate of drug-likeness (QED) is 0.873. The van der Waals surface area contributed by atoms with E-state index in [9.17, 15) is 4.79 Å². The molecule has 1 aliphatic heterocycles. The first-order valence-electron chi connectivity index (χ1n) is 7.78. The summed E-state index contributed by atoms with van der Waals surface area (Å²) in [5.41, 5.74) is 3.39. The number of carbonyl (C=O) groups excluding carboxylic acids is 1. The molecule has 0 aliphatic carbocycles. The number of piperidine rings is 1. The van der Waals surface area contributed by atoms with Crippen molar-refractivity contribution in [2.45, 2.75) is 25.8 Å². The number of aromatic nitrogens is 1. The molecule has 4 nitrogen and oxygen atoms in total. The molecular formula is C18H23Cl2N3O. The molecule has 1 atom stereocenters. The van der Waals surface area contributed by atoms with E-state index in [0.29, 0.717) is 5.56 Å². The van der Waals surface area contributed by atoms with Gasteiger partial charge in [0.15, 0.2) is 0 Å². The molecule has 0 bridgehead atoms. The number of rotatable bonds is 3. The van der Waals surface area contributed by atoms with E-state index in [1.807, 2.05) is 49.4 Å². The molecule has 1 amide bonds. The minimum absolute atomic E-state index is 0. The number of nitrogens with one attached hydrogen (secondary N) is 2. The first-order chi connectivity index (χ1) is 10.7. The number of hydrogen-bond acceptors (Lipinski definition) is 3. The minimum Gasteiger partial charge on any atom is -0.348 e. The van der Waals surface area contributed by atoms with Crippen LogP contribution in [-0.2, 0) is 0 Å². The minimum atomic E-state index is -0.0293. The Morgan fingerprint density at radius 2 is 1.92 bits per heavy atom. The summed E-state index contributed by atoms with van der Waals surface area (Å²) < 4.78 is 0. The lowest BCUT2D eigenvalue weighted by Crippen LogP contribution is -2.45. The van der Waals surface area contributed by atoms with Crippen LogP contribution in [0.3, 0.4) is 0 Å². The third kappa shape index (κ3) is 4.94. The SMILES string of the molecule is Cc1nc(-c2ccccc2)ccc1C(=O)N[C@H]1CCCNC1.Cl.Cl. The highest BCUT2D eigenvalue weighted by atomic mass is 35.5. The van der Waals surface area contributed by atoms with Crippen LogP contribution in [0.5, 0.6) is 0 Å². The molecule has 3 rings (SSSR count). The third-order valence-corrected chi connectivity index (χ3v) is 4.03. The van der Waals surface area contributed by atoms with Crippen LogP contribution in [0.15, 0.2) is 42.5 Å². The van der Waals surface area contributed by atoms with Crippen LogP contribution >= 0.6 is 24.8 Å². The summed E-state index contributed by atoms with van der Waals surface area (Å²) in [6.45, 7) is 3.78. The van der Waals surface area contributed by atoms with Crippen LogP contribution in [0.2, 0.25) is 0 Å². The molecule has 0 saturated carbocycles. The van der Waals surface area contributed by atoms with Crippen molar-refractivity contribution in [2.75, 3.05) is 13.1 Å². The van der Waals surface area contributed by atoms with Crippen molar-refractivity contribution >= 4 is 30.7 Å². The lowest BCUT2D eigenvalue weighted by molar-refractivity contribution is 0.0929. The number of carbonyl (C=O) groups is 1. The van der Waals surface area contributed by atoms with Gasteiger partial charge >= 0.3 is 0 Å². The van der Waals surface area contributed by atoms with Gasteiger partial charge in [-0.05, 0) is 38.4 Å². The Labute approximate surface area is 155 Å². The lowest BCUT2D eigenvalue weighted by atomic mass is 10.1. The van der Waals surface area contributed by atoms with Gasteiger partial charge in [0.1, 0.15) is 0 Å². The Morgan fingerprint density at radius 1 is 1.17 bits per heavy atom. The van der Waals surface area contributed by atoms with Gasteiger partial charge in [0.25, 0.3) is 5.91 Å². The average Bonchev–Trinajstić information content (AvgIpc) is 2.56. The van der Waals surface area contributed by atoms with Crippen molar-refractivity contribution in [3.05, 3.63) is 53.7 Å². The number of hydrogen-bond donors (Lipinski definition) is 2. The Kier molecular flexibility index (Phi) is 8.19. The van der Waals surface area contributed by atoms with Gasteiger partial charge in [0.05, 0.1) is 17.0 Å². The van der Waals surface area contributed by atoms with Gasteiger partial charge in [-0.3, -0.25) is 9.78 Å². The highest BCUT2D eigenvalue weighted by Crippen LogP contribution is 2.18. The first kappa shape index (κ1) is 20.4. The predicted octanol–water partition coefficient (Wildman–Crippen LogP) is 3.38. The first-order valence-corrected chi connectivity index (χ1v) is 7.78. The number of pyridine rings is 1. The molecule has 1 aromatic carbocycles. The smallest absolute Gasteiger partial charge is 0.253 e. The zero-order chi connectivity index (χ0) is 15.4. The van der Waals surface area contributed by atoms with Crippen LogP contribution in [0, 0.1) is 6.92 Å². The zero-order valence-electron chi connectivity index (χ0n) is 13.6. The molecule has 2 N–H and O–H groups in total. The van der Waals surface area contributed by atoms with Crippen molar-refractivity contribution in [3.8, 4) is 11.3 Å². The van der Waals surface area contributed by atoms with Gasteiger partial charge in [-0.15, -0.1) is 24.8 Å². The molecule has 2 aromatic rings. The largest absolute Gasteiger partial charge is 0.348 e. The van der Waals surface area contributed by atoms with Gasteiger partial charge in [0.2, 0.25) is 0 Å². The molecule has 1 saturated heterocycles. The summed E-state index contributed by atoms with van der Waals surface area (Å²) in [4.78, 5) is 17.0. The van der Waals surface area contributed by atoms with E-state index in [1.165, 1.54) is 0 Å². The molecule has 0 spiro atoms. The second kappa shape index (κ2) is 9.62. The summed E-state index contributed by atoms with van der Waals surface area (Å²) in [6, 6.07) is 14.0. The Morgan fingerprint density at radius 3 is 2.54 bits per heavy atom. The van der Waals surface area contributed by atoms with Crippen LogP contribution in [0.1, 0.15) is 28.9 Å². The maximum absolute atomic E-state index is 12.4. The van der Waals surface area contributed by atoms with Gasteiger partial charge < -0.3 is 10.6 Å². The summed E-state index contributed by atoms with van der Waals surface area (Å²) >= 11 is 0. The normalized spacial score (nSPS) is 16.5. The molecule has 130 valence electrons. The van der Waals surface area contributed by atoms with Gasteiger partial charge in [-0.1, -0.05) is 30.3 Å². The van der Waals surface area contributed by atoms with Gasteiger partial charge in [-0.25, -0.2) is 0 Å². The van der Waals surface area contributed by atoms with E-state index in [4.69, 9.17) is 0 Å². The molecule has 6 heteroatoms. The van der Waals surface area contributed by atoms with E-state index in [1.54, 1.807) is 0 Å². The molecule has 0 unspecified atom stereocenters. The summed E-state index contributed by atoms with van der Waals surface area (Å²) in [5.74, 6) is -0.0293. The van der Waals surface area contributed by atoms with Crippen LogP contribution in [0.4, 0.5) is 0 Å². The van der Waals surface area contributed by atoms with Crippen molar-refractivity contribution in [1.29, 1.82) is 0 Å². The van der Waals surface area contributed by atoms with E-state index < -0.39 is 0 Å². The lowest BCUT2D eigenvalue weighted by Gasteiger charge is -2.24. The molecule has 1 aliphatic rings. The number of amides is 1. The fraction of sp³-hybridized carbons (Fsp3) is 0.333. The predicted molar refractivity (Wildman–Crippen MR) is 102 cm³/mol. The summed E-state index contributed by atoms with van der Waals surface area (Å²) in [7, 11) is 0. The fourth-order valence-corrected chi connectivity index (χ4v) is 2.81. The third-order valence-electron chi connectivity index (χ3n) is 4.03. The van der Waals surface area contributed by atoms with E-state index in [2.05, 4.69) is 15.6 Å². The monoisotopic (exact) mass is 367 g/mol. The molecular weight excluding hydrogens is 345 g/mol. The molecule has 24 heavy (non-hydrogen) atoms. The van der Waals surface area contributed by atoms with Crippen LogP contribution < -0.4 is 10.6 Å². The van der Waals surface area contributed by atoms with Crippen molar-refractivity contribution in [1.82, 2.24) is 15.6 Å². The summed E-state index contributed by atoms with van der Waals surface area (Å²) in [6.07, 6.45) is 2.14. The highest BCUT2D eigenvalue weighted by molar-refractivity contribution is 5.95. The zero-order valence-corrected chi connectivity index (χ0v) is 15.3.